The van der Waals surface area contributed by atoms with Crippen LogP contribution in [0.1, 0.15) is 342 Å². The van der Waals surface area contributed by atoms with Crippen LogP contribution in [0.2, 0.25) is 0 Å². The van der Waals surface area contributed by atoms with Crippen LogP contribution in [0.3, 0.4) is 0 Å². The zero-order chi connectivity index (χ0) is 48.6. The van der Waals surface area contributed by atoms with E-state index >= 15 is 0 Å². The summed E-state index contributed by atoms with van der Waals surface area (Å²) in [5.41, 5.74) is 0. The Morgan fingerprint density at radius 3 is 0.746 bits per heavy atom. The van der Waals surface area contributed by atoms with Crippen molar-refractivity contribution in [2.24, 2.45) is 0 Å². The van der Waals surface area contributed by atoms with Crippen molar-refractivity contribution in [3.05, 3.63) is 12.2 Å². The zero-order valence-electron chi connectivity index (χ0n) is 45.5. The number of unbranched alkanes of at least 4 members (excludes halogenated alkanes) is 43. The van der Waals surface area contributed by atoms with Crippen molar-refractivity contribution in [3.8, 4) is 0 Å². The van der Waals surface area contributed by atoms with Crippen molar-refractivity contribution in [2.45, 2.75) is 348 Å². The van der Waals surface area contributed by atoms with E-state index in [0.717, 1.165) is 57.8 Å². The van der Waals surface area contributed by atoms with Crippen molar-refractivity contribution in [1.82, 2.24) is 0 Å². The summed E-state index contributed by atoms with van der Waals surface area (Å²) in [4.78, 5) is 38.2. The monoisotopic (exact) mass is 945 g/mol. The highest BCUT2D eigenvalue weighted by Gasteiger charge is 2.19. The Kier molecular flexibility index (Phi) is 55.2. The summed E-state index contributed by atoms with van der Waals surface area (Å²) in [7, 11) is 0. The van der Waals surface area contributed by atoms with Gasteiger partial charge in [-0.25, -0.2) is 0 Å². The second kappa shape index (κ2) is 56.7. The summed E-state index contributed by atoms with van der Waals surface area (Å²) < 4.78 is 16.9. The van der Waals surface area contributed by atoms with E-state index in [2.05, 4.69) is 32.9 Å². The van der Waals surface area contributed by atoms with Crippen molar-refractivity contribution >= 4 is 17.9 Å². The molecular weight excluding hydrogens is 829 g/mol. The van der Waals surface area contributed by atoms with Crippen LogP contribution in [0.25, 0.3) is 0 Å². The summed E-state index contributed by atoms with van der Waals surface area (Å²) in [5, 5.41) is 0. The van der Waals surface area contributed by atoms with E-state index in [9.17, 15) is 14.4 Å². The lowest BCUT2D eigenvalue weighted by molar-refractivity contribution is -0.167. The molecule has 0 aliphatic heterocycles. The lowest BCUT2D eigenvalue weighted by Gasteiger charge is -2.18. The molecule has 6 heteroatoms. The molecule has 0 aromatic heterocycles. The Hall–Kier alpha value is -1.85. The molecule has 0 rings (SSSR count). The summed E-state index contributed by atoms with van der Waals surface area (Å²) in [6.45, 7) is 6.70. The number of hydrogen-bond acceptors (Lipinski definition) is 6. The number of rotatable bonds is 56. The van der Waals surface area contributed by atoms with Gasteiger partial charge >= 0.3 is 17.9 Å². The SMILES string of the molecule is CCCCCCCC/C=C\CCCCCCCCCC(=O)O[C@H](COC(=O)CCCCCCCCCCCCCCC)COC(=O)CCCCCCCCCCCCCCCCCCCCC. The summed E-state index contributed by atoms with van der Waals surface area (Å²) >= 11 is 0. The fourth-order valence-electron chi connectivity index (χ4n) is 9.21. The maximum atomic E-state index is 12.9. The summed E-state index contributed by atoms with van der Waals surface area (Å²) in [6, 6.07) is 0. The quantitative estimate of drug-likeness (QED) is 0.0262. The smallest absolute Gasteiger partial charge is 0.306 e. The van der Waals surface area contributed by atoms with Crippen LogP contribution in [0.5, 0.6) is 0 Å². The molecule has 0 saturated carbocycles. The lowest BCUT2D eigenvalue weighted by Crippen LogP contribution is -2.30. The third-order valence-corrected chi connectivity index (χ3v) is 13.8. The highest BCUT2D eigenvalue weighted by atomic mass is 16.6. The van der Waals surface area contributed by atoms with Gasteiger partial charge in [-0.1, -0.05) is 290 Å². The maximum absolute atomic E-state index is 12.9. The second-order valence-electron chi connectivity index (χ2n) is 20.6. The maximum Gasteiger partial charge on any atom is 0.306 e. The Bertz CT molecular complexity index is 1040. The minimum atomic E-state index is -0.767. The molecule has 0 saturated heterocycles. The standard InChI is InChI=1S/C61H116O6/c1-4-7-10-13-16-19-22-25-27-29-30-32-33-36-39-42-45-48-51-54-60(63)66-57-58(56-65-59(62)53-50-47-44-41-38-35-24-21-18-15-12-9-6-3)67-61(64)55-52-49-46-43-40-37-34-31-28-26-23-20-17-14-11-8-5-2/h26,28,58H,4-25,27,29-57H2,1-3H3/b28-26-/t58-/m1/s1. The topological polar surface area (TPSA) is 78.9 Å². The number of carbonyl (C=O) groups is 3. The first-order chi connectivity index (χ1) is 33.0. The second-order valence-corrected chi connectivity index (χ2v) is 20.6. The molecule has 0 amide bonds. The third kappa shape index (κ3) is 55.0. The number of carbonyl (C=O) groups excluding carboxylic acids is 3. The largest absolute Gasteiger partial charge is 0.462 e. The van der Waals surface area contributed by atoms with E-state index in [1.807, 2.05) is 0 Å². The van der Waals surface area contributed by atoms with E-state index < -0.39 is 6.10 Å². The van der Waals surface area contributed by atoms with Crippen LogP contribution < -0.4 is 0 Å². The van der Waals surface area contributed by atoms with Crippen LogP contribution in [0, 0.1) is 0 Å². The number of hydrogen-bond donors (Lipinski definition) is 0. The van der Waals surface area contributed by atoms with Crippen molar-refractivity contribution in [1.29, 1.82) is 0 Å². The van der Waals surface area contributed by atoms with Crippen LogP contribution >= 0.6 is 0 Å². The van der Waals surface area contributed by atoms with Gasteiger partial charge in [0.15, 0.2) is 6.10 Å². The highest BCUT2D eigenvalue weighted by Crippen LogP contribution is 2.17. The molecule has 0 spiro atoms. The first-order valence-electron chi connectivity index (χ1n) is 30.2. The Labute approximate surface area is 418 Å². The van der Waals surface area contributed by atoms with E-state index in [0.29, 0.717) is 19.3 Å². The Balaban J connectivity index is 4.29. The molecule has 67 heavy (non-hydrogen) atoms. The lowest BCUT2D eigenvalue weighted by atomic mass is 10.0. The number of allylic oxidation sites excluding steroid dienone is 2. The third-order valence-electron chi connectivity index (χ3n) is 13.8. The van der Waals surface area contributed by atoms with Gasteiger partial charge in [-0.2, -0.15) is 0 Å². The molecular formula is C61H116O6. The molecule has 0 aromatic rings. The van der Waals surface area contributed by atoms with Crippen LogP contribution in [-0.2, 0) is 28.6 Å². The number of ether oxygens (including phenoxy) is 3. The molecule has 0 aliphatic rings. The molecule has 0 unspecified atom stereocenters. The molecule has 0 bridgehead atoms. The fourth-order valence-corrected chi connectivity index (χ4v) is 9.21. The van der Waals surface area contributed by atoms with Gasteiger partial charge in [0, 0.05) is 19.3 Å². The summed E-state index contributed by atoms with van der Waals surface area (Å²) in [6.07, 6.45) is 64.9. The average Bonchev–Trinajstić information content (AvgIpc) is 3.33. The molecule has 6 nitrogen and oxygen atoms in total. The fraction of sp³-hybridized carbons (Fsp3) is 0.918. The minimum Gasteiger partial charge on any atom is -0.462 e. The van der Waals surface area contributed by atoms with E-state index in [1.165, 1.54) is 244 Å². The van der Waals surface area contributed by atoms with Crippen LogP contribution in [0.4, 0.5) is 0 Å². The predicted octanol–water partition coefficient (Wildman–Crippen LogP) is 20.1. The molecule has 1 atom stereocenters. The van der Waals surface area contributed by atoms with Crippen molar-refractivity contribution in [3.63, 3.8) is 0 Å². The molecule has 0 radical (unpaired) electrons. The van der Waals surface area contributed by atoms with Gasteiger partial charge in [-0.05, 0) is 44.9 Å². The normalized spacial score (nSPS) is 12.0. The zero-order valence-corrected chi connectivity index (χ0v) is 45.5. The van der Waals surface area contributed by atoms with Gasteiger partial charge in [0.05, 0.1) is 0 Å². The molecule has 0 fully saturated rings. The first-order valence-corrected chi connectivity index (χ1v) is 30.2. The van der Waals surface area contributed by atoms with E-state index in [-0.39, 0.29) is 31.1 Å². The predicted molar refractivity (Wildman–Crippen MR) is 289 cm³/mol. The molecule has 396 valence electrons. The van der Waals surface area contributed by atoms with Crippen molar-refractivity contribution in [2.75, 3.05) is 13.2 Å². The van der Waals surface area contributed by atoms with Crippen LogP contribution in [0.15, 0.2) is 12.2 Å². The van der Waals surface area contributed by atoms with Crippen molar-refractivity contribution < 1.29 is 28.6 Å². The molecule has 0 heterocycles. The highest BCUT2D eigenvalue weighted by molar-refractivity contribution is 5.71. The van der Waals surface area contributed by atoms with E-state index in [4.69, 9.17) is 14.2 Å². The van der Waals surface area contributed by atoms with Gasteiger partial charge in [0.25, 0.3) is 0 Å². The molecule has 0 aliphatic carbocycles. The van der Waals surface area contributed by atoms with Gasteiger partial charge < -0.3 is 14.2 Å². The van der Waals surface area contributed by atoms with Gasteiger partial charge in [0.2, 0.25) is 0 Å². The Morgan fingerprint density at radius 1 is 0.284 bits per heavy atom. The van der Waals surface area contributed by atoms with Gasteiger partial charge in [-0.15, -0.1) is 0 Å². The Morgan fingerprint density at radius 2 is 0.493 bits per heavy atom. The summed E-state index contributed by atoms with van der Waals surface area (Å²) in [5.74, 6) is -0.843. The van der Waals surface area contributed by atoms with Gasteiger partial charge in [-0.3, -0.25) is 14.4 Å². The first kappa shape index (κ1) is 65.1. The molecule has 0 N–H and O–H groups in total. The van der Waals surface area contributed by atoms with Gasteiger partial charge in [0.1, 0.15) is 13.2 Å². The molecule has 0 aromatic carbocycles. The average molecular weight is 946 g/mol. The number of esters is 3. The van der Waals surface area contributed by atoms with Crippen LogP contribution in [-0.4, -0.2) is 37.2 Å². The minimum absolute atomic E-state index is 0.0655. The van der Waals surface area contributed by atoms with E-state index in [1.54, 1.807) is 0 Å².